The highest BCUT2D eigenvalue weighted by atomic mass is 32.2. The lowest BCUT2D eigenvalue weighted by Crippen LogP contribution is -2.26. The van der Waals surface area contributed by atoms with Crippen molar-refractivity contribution < 1.29 is 4.74 Å². The molecule has 1 aromatic rings. The molecule has 0 amide bonds. The number of unbranched alkanes of at least 4 members (excludes halogenated alkanes) is 2. The fraction of sp³-hybridized carbons (Fsp3) is 0.667. The van der Waals surface area contributed by atoms with Gasteiger partial charge in [0.05, 0.1) is 6.61 Å². The topological polar surface area (TPSA) is 21.3 Å². The van der Waals surface area contributed by atoms with Crippen LogP contribution in [-0.4, -0.2) is 24.2 Å². The molecule has 0 radical (unpaired) electrons. The van der Waals surface area contributed by atoms with Crippen LogP contribution in [0.25, 0.3) is 0 Å². The predicted octanol–water partition coefficient (Wildman–Crippen LogP) is 4.63. The van der Waals surface area contributed by atoms with E-state index in [0.29, 0.717) is 0 Å². The van der Waals surface area contributed by atoms with Gasteiger partial charge in [0.1, 0.15) is 5.75 Å². The molecule has 1 N–H and O–H groups in total. The van der Waals surface area contributed by atoms with E-state index in [2.05, 4.69) is 48.3 Å². The summed E-state index contributed by atoms with van der Waals surface area (Å²) in [5, 5.41) is 4.41. The molecule has 118 valence electrons. The molecule has 1 aromatic carbocycles. The minimum absolute atomic E-state index is 0.819. The quantitative estimate of drug-likeness (QED) is 0.672. The molecule has 1 unspecified atom stereocenters. The van der Waals surface area contributed by atoms with E-state index in [9.17, 15) is 0 Å². The van der Waals surface area contributed by atoms with E-state index in [1.165, 1.54) is 43.4 Å². The van der Waals surface area contributed by atoms with E-state index in [4.69, 9.17) is 4.74 Å². The molecule has 0 aromatic heterocycles. The van der Waals surface area contributed by atoms with Crippen molar-refractivity contribution in [1.82, 2.24) is 5.32 Å². The van der Waals surface area contributed by atoms with Gasteiger partial charge in [-0.1, -0.05) is 38.3 Å². The third-order valence-corrected chi connectivity index (χ3v) is 5.31. The summed E-state index contributed by atoms with van der Waals surface area (Å²) in [6, 6.07) is 8.54. The largest absolute Gasteiger partial charge is 0.494 e. The number of hydrogen-bond acceptors (Lipinski definition) is 3. The average molecular weight is 308 g/mol. The SMILES string of the molecule is CCCCCOc1ccc(CNCC2CCCCS2)cc1. The van der Waals surface area contributed by atoms with Crippen LogP contribution in [0.2, 0.25) is 0 Å². The molecule has 0 saturated carbocycles. The summed E-state index contributed by atoms with van der Waals surface area (Å²) in [6.07, 6.45) is 7.83. The Balaban J connectivity index is 1.62. The molecule has 1 atom stereocenters. The smallest absolute Gasteiger partial charge is 0.119 e. The molecular formula is C18H29NOS. The molecule has 21 heavy (non-hydrogen) atoms. The fourth-order valence-corrected chi connectivity index (χ4v) is 3.86. The van der Waals surface area contributed by atoms with Crippen LogP contribution in [0.4, 0.5) is 0 Å². The Hall–Kier alpha value is -0.670. The molecule has 1 aliphatic heterocycles. The van der Waals surface area contributed by atoms with E-state index in [1.807, 2.05) is 0 Å². The van der Waals surface area contributed by atoms with Gasteiger partial charge in [-0.2, -0.15) is 11.8 Å². The van der Waals surface area contributed by atoms with Gasteiger partial charge in [0.15, 0.2) is 0 Å². The predicted molar refractivity (Wildman–Crippen MR) is 93.3 cm³/mol. The second-order valence-electron chi connectivity index (χ2n) is 5.82. The van der Waals surface area contributed by atoms with Crippen LogP contribution in [0.5, 0.6) is 5.75 Å². The van der Waals surface area contributed by atoms with Gasteiger partial charge in [0.25, 0.3) is 0 Å². The second kappa shape index (κ2) is 10.1. The maximum absolute atomic E-state index is 5.74. The standard InChI is InChI=1S/C18H29NOS/c1-2-3-5-12-20-17-10-8-16(9-11-17)14-19-15-18-7-4-6-13-21-18/h8-11,18-19H,2-7,12-15H2,1H3. The first kappa shape index (κ1) is 16.7. The van der Waals surface area contributed by atoms with Gasteiger partial charge in [0.2, 0.25) is 0 Å². The van der Waals surface area contributed by atoms with E-state index in [1.54, 1.807) is 0 Å². The third-order valence-electron chi connectivity index (χ3n) is 3.92. The van der Waals surface area contributed by atoms with E-state index >= 15 is 0 Å². The van der Waals surface area contributed by atoms with Crippen LogP contribution < -0.4 is 10.1 Å². The molecular weight excluding hydrogens is 278 g/mol. The van der Waals surface area contributed by atoms with Gasteiger partial charge in [0, 0.05) is 18.3 Å². The van der Waals surface area contributed by atoms with Crippen molar-refractivity contribution >= 4 is 11.8 Å². The molecule has 1 fully saturated rings. The van der Waals surface area contributed by atoms with Crippen molar-refractivity contribution in [2.24, 2.45) is 0 Å². The van der Waals surface area contributed by atoms with Crippen LogP contribution in [-0.2, 0) is 6.54 Å². The molecule has 2 rings (SSSR count). The average Bonchev–Trinajstić information content (AvgIpc) is 2.54. The van der Waals surface area contributed by atoms with Crippen LogP contribution in [0.1, 0.15) is 51.0 Å². The van der Waals surface area contributed by atoms with E-state index < -0.39 is 0 Å². The third kappa shape index (κ3) is 6.75. The minimum Gasteiger partial charge on any atom is -0.494 e. The maximum atomic E-state index is 5.74. The molecule has 2 nitrogen and oxygen atoms in total. The van der Waals surface area contributed by atoms with Crippen LogP contribution >= 0.6 is 11.8 Å². The number of hydrogen-bond donors (Lipinski definition) is 1. The second-order valence-corrected chi connectivity index (χ2v) is 7.23. The number of ether oxygens (including phenoxy) is 1. The van der Waals surface area contributed by atoms with Gasteiger partial charge >= 0.3 is 0 Å². The Labute approximate surface area is 134 Å². The summed E-state index contributed by atoms with van der Waals surface area (Å²) in [5.74, 6) is 2.34. The normalized spacial score (nSPS) is 18.6. The molecule has 3 heteroatoms. The number of rotatable bonds is 9. The monoisotopic (exact) mass is 307 g/mol. The molecule has 1 heterocycles. The fourth-order valence-electron chi connectivity index (χ4n) is 2.59. The minimum atomic E-state index is 0.819. The van der Waals surface area contributed by atoms with Gasteiger partial charge in [-0.05, 0) is 42.7 Å². The molecule has 0 spiro atoms. The Morgan fingerprint density at radius 3 is 2.76 bits per heavy atom. The summed E-state index contributed by atoms with van der Waals surface area (Å²) in [4.78, 5) is 0. The summed E-state index contributed by atoms with van der Waals surface area (Å²) >= 11 is 2.13. The van der Waals surface area contributed by atoms with Crippen molar-refractivity contribution in [2.75, 3.05) is 18.9 Å². The summed E-state index contributed by atoms with van der Waals surface area (Å²) in [7, 11) is 0. The molecule has 1 saturated heterocycles. The van der Waals surface area contributed by atoms with Crippen molar-refractivity contribution in [3.63, 3.8) is 0 Å². The Morgan fingerprint density at radius 2 is 2.05 bits per heavy atom. The first-order valence-electron chi connectivity index (χ1n) is 8.42. The summed E-state index contributed by atoms with van der Waals surface area (Å²) < 4.78 is 5.74. The van der Waals surface area contributed by atoms with E-state index in [0.717, 1.165) is 37.1 Å². The molecule has 0 bridgehead atoms. The highest BCUT2D eigenvalue weighted by Gasteiger charge is 2.12. The first-order chi connectivity index (χ1) is 10.4. The summed E-state index contributed by atoms with van der Waals surface area (Å²) in [6.45, 7) is 5.16. The highest BCUT2D eigenvalue weighted by molar-refractivity contribution is 7.99. The Morgan fingerprint density at radius 1 is 1.19 bits per heavy atom. The first-order valence-corrected chi connectivity index (χ1v) is 9.47. The van der Waals surface area contributed by atoms with Crippen molar-refractivity contribution in [3.05, 3.63) is 29.8 Å². The Kier molecular flexibility index (Phi) is 8.05. The van der Waals surface area contributed by atoms with Crippen LogP contribution in [0.15, 0.2) is 24.3 Å². The lowest BCUT2D eigenvalue weighted by Gasteiger charge is -2.21. The zero-order valence-electron chi connectivity index (χ0n) is 13.3. The zero-order valence-corrected chi connectivity index (χ0v) is 14.1. The van der Waals surface area contributed by atoms with Crippen molar-refractivity contribution in [3.8, 4) is 5.75 Å². The number of nitrogens with one attached hydrogen (secondary N) is 1. The Bertz CT molecular complexity index is 373. The van der Waals surface area contributed by atoms with Crippen molar-refractivity contribution in [1.29, 1.82) is 0 Å². The lowest BCUT2D eigenvalue weighted by molar-refractivity contribution is 0.306. The maximum Gasteiger partial charge on any atom is 0.119 e. The van der Waals surface area contributed by atoms with Gasteiger partial charge in [-0.3, -0.25) is 0 Å². The molecule has 1 aliphatic rings. The lowest BCUT2D eigenvalue weighted by atomic mass is 10.2. The van der Waals surface area contributed by atoms with Crippen LogP contribution in [0, 0.1) is 0 Å². The van der Waals surface area contributed by atoms with Crippen LogP contribution in [0.3, 0.4) is 0 Å². The highest BCUT2D eigenvalue weighted by Crippen LogP contribution is 2.24. The van der Waals surface area contributed by atoms with Gasteiger partial charge in [-0.25, -0.2) is 0 Å². The van der Waals surface area contributed by atoms with Gasteiger partial charge in [-0.15, -0.1) is 0 Å². The number of thioether (sulfide) groups is 1. The van der Waals surface area contributed by atoms with E-state index in [-0.39, 0.29) is 0 Å². The molecule has 0 aliphatic carbocycles. The zero-order chi connectivity index (χ0) is 14.8. The summed E-state index contributed by atoms with van der Waals surface area (Å²) in [5.41, 5.74) is 1.34. The number of benzene rings is 1. The van der Waals surface area contributed by atoms with Crippen molar-refractivity contribution in [2.45, 2.75) is 57.2 Å². The van der Waals surface area contributed by atoms with Gasteiger partial charge < -0.3 is 10.1 Å².